The first-order chi connectivity index (χ1) is 9.42. The van der Waals surface area contributed by atoms with E-state index in [1.165, 1.54) is 0 Å². The van der Waals surface area contributed by atoms with Crippen LogP contribution in [0.25, 0.3) is 0 Å². The molecule has 0 bridgehead atoms. The molecule has 0 aliphatic carbocycles. The summed E-state index contributed by atoms with van der Waals surface area (Å²) in [6, 6.07) is 1.83. The van der Waals surface area contributed by atoms with Gasteiger partial charge in [0.1, 0.15) is 16.2 Å². The van der Waals surface area contributed by atoms with E-state index in [2.05, 4.69) is 52.0 Å². The van der Waals surface area contributed by atoms with Crippen molar-refractivity contribution in [3.05, 3.63) is 16.5 Å². The first kappa shape index (κ1) is 16.9. The van der Waals surface area contributed by atoms with Gasteiger partial charge >= 0.3 is 0 Å². The largest absolute Gasteiger partial charge is 0.354 e. The first-order valence-electron chi connectivity index (χ1n) is 6.93. The summed E-state index contributed by atoms with van der Waals surface area (Å²) in [5.41, 5.74) is 0. The third-order valence-corrected chi connectivity index (χ3v) is 3.09. The molecule has 1 heterocycles. The molecule has 1 amide bonds. The predicted molar refractivity (Wildman–Crippen MR) is 84.8 cm³/mol. The number of anilines is 1. The van der Waals surface area contributed by atoms with Crippen LogP contribution in [0.1, 0.15) is 33.0 Å². The normalized spacial score (nSPS) is 10.7. The smallest absolute Gasteiger partial charge is 0.239 e. The van der Waals surface area contributed by atoms with Gasteiger partial charge in [0, 0.05) is 26.1 Å². The number of nitrogens with one attached hydrogen (secondary N) is 1. The molecule has 0 aromatic carbocycles. The molecule has 1 aromatic rings. The minimum absolute atomic E-state index is 0.00739. The molecule has 0 aliphatic heterocycles. The second-order valence-electron chi connectivity index (χ2n) is 5.27. The highest BCUT2D eigenvalue weighted by Crippen LogP contribution is 2.16. The van der Waals surface area contributed by atoms with Crippen molar-refractivity contribution in [3.63, 3.8) is 0 Å². The molecule has 0 unspecified atom stereocenters. The maximum atomic E-state index is 11.8. The van der Waals surface area contributed by atoms with Gasteiger partial charge in [0.15, 0.2) is 0 Å². The average molecular weight is 343 g/mol. The average Bonchev–Trinajstić information content (AvgIpc) is 2.36. The van der Waals surface area contributed by atoms with Gasteiger partial charge in [-0.25, -0.2) is 9.97 Å². The van der Waals surface area contributed by atoms with Crippen LogP contribution in [0.2, 0.25) is 0 Å². The standard InChI is InChI=1S/C14H23BrN4O/c1-5-6-12-17-11(15)7-13(18-12)19(4)9-14(20)16-8-10(2)3/h7,10H,5-6,8-9H2,1-4H3,(H,16,20). The molecule has 112 valence electrons. The highest BCUT2D eigenvalue weighted by Gasteiger charge is 2.11. The fourth-order valence-electron chi connectivity index (χ4n) is 1.65. The molecule has 0 fully saturated rings. The molecule has 1 rings (SSSR count). The second kappa shape index (κ2) is 8.19. The van der Waals surface area contributed by atoms with Gasteiger partial charge in [-0.15, -0.1) is 0 Å². The Labute approximate surface area is 129 Å². The Morgan fingerprint density at radius 2 is 2.15 bits per heavy atom. The van der Waals surface area contributed by atoms with Crippen LogP contribution in [-0.4, -0.2) is 36.0 Å². The van der Waals surface area contributed by atoms with E-state index in [4.69, 9.17) is 0 Å². The van der Waals surface area contributed by atoms with Gasteiger partial charge in [-0.05, 0) is 28.3 Å². The van der Waals surface area contributed by atoms with E-state index in [9.17, 15) is 4.79 Å². The van der Waals surface area contributed by atoms with Crippen molar-refractivity contribution in [2.24, 2.45) is 5.92 Å². The molecule has 0 saturated carbocycles. The van der Waals surface area contributed by atoms with E-state index in [0.29, 0.717) is 19.0 Å². The number of hydrogen-bond acceptors (Lipinski definition) is 4. The highest BCUT2D eigenvalue weighted by atomic mass is 79.9. The Morgan fingerprint density at radius 1 is 1.45 bits per heavy atom. The van der Waals surface area contributed by atoms with Crippen LogP contribution >= 0.6 is 15.9 Å². The van der Waals surface area contributed by atoms with Crippen molar-refractivity contribution in [2.75, 3.05) is 25.0 Å². The van der Waals surface area contributed by atoms with E-state index in [1.807, 2.05) is 18.0 Å². The second-order valence-corrected chi connectivity index (χ2v) is 6.08. The summed E-state index contributed by atoms with van der Waals surface area (Å²) in [5, 5.41) is 2.90. The minimum atomic E-state index is 0.00739. The summed E-state index contributed by atoms with van der Waals surface area (Å²) in [7, 11) is 1.86. The van der Waals surface area contributed by atoms with E-state index in [-0.39, 0.29) is 5.91 Å². The Balaban J connectivity index is 2.66. The lowest BCUT2D eigenvalue weighted by Crippen LogP contribution is -2.37. The van der Waals surface area contributed by atoms with Gasteiger partial charge in [0.25, 0.3) is 0 Å². The summed E-state index contributed by atoms with van der Waals surface area (Å²) in [4.78, 5) is 22.5. The van der Waals surface area contributed by atoms with Gasteiger partial charge in [0.2, 0.25) is 5.91 Å². The van der Waals surface area contributed by atoms with Crippen molar-refractivity contribution < 1.29 is 4.79 Å². The first-order valence-corrected chi connectivity index (χ1v) is 7.73. The van der Waals surface area contributed by atoms with Gasteiger partial charge in [-0.3, -0.25) is 4.79 Å². The fourth-order valence-corrected chi connectivity index (χ4v) is 2.06. The number of carbonyl (C=O) groups is 1. The zero-order chi connectivity index (χ0) is 15.1. The van der Waals surface area contributed by atoms with Crippen LogP contribution in [0.5, 0.6) is 0 Å². The fraction of sp³-hybridized carbons (Fsp3) is 0.643. The molecule has 0 saturated heterocycles. The molecule has 5 nitrogen and oxygen atoms in total. The van der Waals surface area contributed by atoms with Gasteiger partial charge < -0.3 is 10.2 Å². The molecular weight excluding hydrogens is 320 g/mol. The van der Waals surface area contributed by atoms with Crippen LogP contribution in [0.3, 0.4) is 0 Å². The molecular formula is C14H23BrN4O. The number of aromatic nitrogens is 2. The molecule has 1 aromatic heterocycles. The zero-order valence-corrected chi connectivity index (χ0v) is 14.2. The van der Waals surface area contributed by atoms with Gasteiger partial charge in [-0.1, -0.05) is 20.8 Å². The van der Waals surface area contributed by atoms with E-state index in [0.717, 1.165) is 29.1 Å². The summed E-state index contributed by atoms with van der Waals surface area (Å²) >= 11 is 3.39. The van der Waals surface area contributed by atoms with E-state index in [1.54, 1.807) is 0 Å². The number of amides is 1. The van der Waals surface area contributed by atoms with Crippen molar-refractivity contribution >= 4 is 27.7 Å². The summed E-state index contributed by atoms with van der Waals surface area (Å²) < 4.78 is 0.750. The summed E-state index contributed by atoms with van der Waals surface area (Å²) in [6.45, 7) is 7.22. The number of rotatable bonds is 7. The summed E-state index contributed by atoms with van der Waals surface area (Å²) in [6.07, 6.45) is 1.83. The number of nitrogens with zero attached hydrogens (tertiary/aromatic N) is 3. The minimum Gasteiger partial charge on any atom is -0.354 e. The number of aryl methyl sites for hydroxylation is 1. The number of likely N-dealkylation sites (N-methyl/N-ethyl adjacent to an activating group) is 1. The third-order valence-electron chi connectivity index (χ3n) is 2.68. The molecule has 1 N–H and O–H groups in total. The Bertz CT molecular complexity index is 451. The molecule has 0 atom stereocenters. The van der Waals surface area contributed by atoms with Crippen molar-refractivity contribution in [1.29, 1.82) is 0 Å². The number of hydrogen-bond donors (Lipinski definition) is 1. The molecule has 6 heteroatoms. The number of halogens is 1. The number of carbonyl (C=O) groups excluding carboxylic acids is 1. The van der Waals surface area contributed by atoms with Crippen LogP contribution in [-0.2, 0) is 11.2 Å². The summed E-state index contributed by atoms with van der Waals surface area (Å²) in [5.74, 6) is 2.02. The maximum absolute atomic E-state index is 11.8. The topological polar surface area (TPSA) is 58.1 Å². The molecule has 0 radical (unpaired) electrons. The quantitative estimate of drug-likeness (QED) is 0.773. The zero-order valence-electron chi connectivity index (χ0n) is 12.6. The lowest BCUT2D eigenvalue weighted by atomic mass is 10.2. The highest BCUT2D eigenvalue weighted by molar-refractivity contribution is 9.10. The lowest BCUT2D eigenvalue weighted by molar-refractivity contribution is -0.119. The van der Waals surface area contributed by atoms with Gasteiger partial charge in [-0.2, -0.15) is 0 Å². The Morgan fingerprint density at radius 3 is 2.75 bits per heavy atom. The van der Waals surface area contributed by atoms with Crippen molar-refractivity contribution in [1.82, 2.24) is 15.3 Å². The maximum Gasteiger partial charge on any atom is 0.239 e. The predicted octanol–water partition coefficient (Wildman–Crippen LogP) is 2.40. The molecule has 0 aliphatic rings. The Kier molecular flexibility index (Phi) is 6.91. The van der Waals surface area contributed by atoms with Crippen LogP contribution < -0.4 is 10.2 Å². The molecule has 20 heavy (non-hydrogen) atoms. The van der Waals surface area contributed by atoms with E-state index >= 15 is 0 Å². The van der Waals surface area contributed by atoms with Crippen LogP contribution in [0.15, 0.2) is 10.7 Å². The van der Waals surface area contributed by atoms with Crippen LogP contribution in [0, 0.1) is 5.92 Å². The van der Waals surface area contributed by atoms with Crippen molar-refractivity contribution in [3.8, 4) is 0 Å². The SMILES string of the molecule is CCCc1nc(Br)cc(N(C)CC(=O)NCC(C)C)n1. The third kappa shape index (κ3) is 5.86. The van der Waals surface area contributed by atoms with E-state index < -0.39 is 0 Å². The van der Waals surface area contributed by atoms with Crippen molar-refractivity contribution in [2.45, 2.75) is 33.6 Å². The Hall–Kier alpha value is -1.17. The van der Waals surface area contributed by atoms with Crippen LogP contribution in [0.4, 0.5) is 5.82 Å². The van der Waals surface area contributed by atoms with Gasteiger partial charge in [0.05, 0.1) is 6.54 Å². The monoisotopic (exact) mass is 342 g/mol. The lowest BCUT2D eigenvalue weighted by Gasteiger charge is -2.19. The molecule has 0 spiro atoms.